The number of aromatic nitrogens is 1. The summed E-state index contributed by atoms with van der Waals surface area (Å²) in [5.41, 5.74) is 6.58. The van der Waals surface area contributed by atoms with Crippen molar-refractivity contribution < 1.29 is 4.79 Å². The van der Waals surface area contributed by atoms with Crippen LogP contribution in [0.15, 0.2) is 24.4 Å². The molecule has 0 aliphatic heterocycles. The van der Waals surface area contributed by atoms with Crippen molar-refractivity contribution in [3.8, 4) is 0 Å². The number of pyridine rings is 1. The first-order valence-corrected chi connectivity index (χ1v) is 6.85. The van der Waals surface area contributed by atoms with E-state index in [9.17, 15) is 4.79 Å². The van der Waals surface area contributed by atoms with Gasteiger partial charge in [0, 0.05) is 12.6 Å². The summed E-state index contributed by atoms with van der Waals surface area (Å²) in [6.07, 6.45) is 4.06. The zero-order valence-electron chi connectivity index (χ0n) is 12.1. The number of amides is 1. The first-order valence-electron chi connectivity index (χ1n) is 6.85. The molecule has 0 fully saturated rings. The second-order valence-electron chi connectivity index (χ2n) is 5.75. The molecule has 1 atom stereocenters. The van der Waals surface area contributed by atoms with Crippen LogP contribution < -0.4 is 11.1 Å². The Bertz CT molecular complexity index is 390. The molecule has 0 saturated carbocycles. The molecule has 1 aromatic heterocycles. The van der Waals surface area contributed by atoms with Gasteiger partial charge in [-0.25, -0.2) is 0 Å². The minimum atomic E-state index is -0.0497. The minimum absolute atomic E-state index is 0.0497. The van der Waals surface area contributed by atoms with Gasteiger partial charge in [-0.05, 0) is 43.9 Å². The van der Waals surface area contributed by atoms with E-state index in [1.54, 1.807) is 6.20 Å². The maximum absolute atomic E-state index is 11.9. The summed E-state index contributed by atoms with van der Waals surface area (Å²) in [7, 11) is 0. The van der Waals surface area contributed by atoms with Gasteiger partial charge in [0.1, 0.15) is 0 Å². The van der Waals surface area contributed by atoms with E-state index < -0.39 is 0 Å². The monoisotopic (exact) mass is 263 g/mol. The van der Waals surface area contributed by atoms with Crippen LogP contribution in [0.3, 0.4) is 0 Å². The fourth-order valence-corrected chi connectivity index (χ4v) is 1.99. The predicted molar refractivity (Wildman–Crippen MR) is 77.5 cm³/mol. The van der Waals surface area contributed by atoms with Gasteiger partial charge >= 0.3 is 0 Å². The molecule has 3 N–H and O–H groups in total. The smallest absolute Gasteiger partial charge is 0.220 e. The van der Waals surface area contributed by atoms with Gasteiger partial charge in [-0.1, -0.05) is 19.9 Å². The van der Waals surface area contributed by atoms with Gasteiger partial charge in [0.15, 0.2) is 0 Å². The largest absolute Gasteiger partial charge is 0.348 e. The van der Waals surface area contributed by atoms with Crippen molar-refractivity contribution >= 4 is 5.91 Å². The molecular formula is C15H25N3O. The Hall–Kier alpha value is -1.42. The zero-order chi connectivity index (χ0) is 14.3. The van der Waals surface area contributed by atoms with Gasteiger partial charge in [0.05, 0.1) is 11.7 Å². The van der Waals surface area contributed by atoms with E-state index in [0.29, 0.717) is 13.0 Å². The molecule has 1 unspecified atom stereocenters. The molecule has 0 saturated heterocycles. The molecule has 0 radical (unpaired) electrons. The van der Waals surface area contributed by atoms with Crippen molar-refractivity contribution in [1.29, 1.82) is 0 Å². The Morgan fingerprint density at radius 1 is 1.42 bits per heavy atom. The van der Waals surface area contributed by atoms with Gasteiger partial charge in [0.2, 0.25) is 5.91 Å². The molecule has 0 bridgehead atoms. The number of carbonyl (C=O) groups excluding carboxylic acids is 1. The molecule has 106 valence electrons. The molecule has 4 nitrogen and oxygen atoms in total. The first kappa shape index (κ1) is 15.6. The molecule has 0 aliphatic carbocycles. The standard InChI is InChI=1S/C15H25N3O/c1-12(13-6-4-5-11-17-13)18-14(19)7-8-15(2,3)9-10-16/h4-6,11-12H,7-10,16H2,1-3H3,(H,18,19). The third-order valence-corrected chi connectivity index (χ3v) is 3.36. The predicted octanol–water partition coefficient (Wildman–Crippen LogP) is 2.41. The van der Waals surface area contributed by atoms with Crippen LogP contribution in [-0.4, -0.2) is 17.4 Å². The lowest BCUT2D eigenvalue weighted by atomic mass is 9.84. The molecule has 19 heavy (non-hydrogen) atoms. The molecule has 1 heterocycles. The highest BCUT2D eigenvalue weighted by atomic mass is 16.1. The van der Waals surface area contributed by atoms with E-state index in [-0.39, 0.29) is 17.4 Å². The van der Waals surface area contributed by atoms with Crippen molar-refractivity contribution in [1.82, 2.24) is 10.3 Å². The summed E-state index contributed by atoms with van der Waals surface area (Å²) in [6, 6.07) is 5.66. The number of hydrogen-bond acceptors (Lipinski definition) is 3. The number of hydrogen-bond donors (Lipinski definition) is 2. The van der Waals surface area contributed by atoms with Crippen molar-refractivity contribution in [3.05, 3.63) is 30.1 Å². The van der Waals surface area contributed by atoms with Crippen molar-refractivity contribution in [3.63, 3.8) is 0 Å². The van der Waals surface area contributed by atoms with Crippen molar-refractivity contribution in [2.75, 3.05) is 6.54 Å². The van der Waals surface area contributed by atoms with E-state index in [1.807, 2.05) is 25.1 Å². The zero-order valence-corrected chi connectivity index (χ0v) is 12.1. The average Bonchev–Trinajstić information content (AvgIpc) is 2.37. The lowest BCUT2D eigenvalue weighted by Crippen LogP contribution is -2.28. The topological polar surface area (TPSA) is 68.0 Å². The number of carbonyl (C=O) groups is 1. The van der Waals surface area contributed by atoms with Crippen LogP contribution in [-0.2, 0) is 4.79 Å². The molecule has 1 rings (SSSR count). The van der Waals surface area contributed by atoms with Gasteiger partial charge in [-0.15, -0.1) is 0 Å². The Kier molecular flexibility index (Phi) is 5.96. The Balaban J connectivity index is 2.39. The maximum atomic E-state index is 11.9. The Morgan fingerprint density at radius 3 is 2.74 bits per heavy atom. The maximum Gasteiger partial charge on any atom is 0.220 e. The fraction of sp³-hybridized carbons (Fsp3) is 0.600. The van der Waals surface area contributed by atoms with Crippen LogP contribution in [0.25, 0.3) is 0 Å². The Morgan fingerprint density at radius 2 is 2.16 bits per heavy atom. The van der Waals surface area contributed by atoms with E-state index in [1.165, 1.54) is 0 Å². The lowest BCUT2D eigenvalue weighted by molar-refractivity contribution is -0.122. The van der Waals surface area contributed by atoms with Crippen LogP contribution in [0.2, 0.25) is 0 Å². The summed E-state index contributed by atoms with van der Waals surface area (Å²) in [6.45, 7) is 6.91. The summed E-state index contributed by atoms with van der Waals surface area (Å²) in [5.74, 6) is 0.0725. The molecular weight excluding hydrogens is 238 g/mol. The second kappa shape index (κ2) is 7.24. The quantitative estimate of drug-likeness (QED) is 0.794. The SMILES string of the molecule is CC(NC(=O)CCC(C)(C)CCN)c1ccccn1. The van der Waals surface area contributed by atoms with Crippen molar-refractivity contribution in [2.45, 2.75) is 46.1 Å². The average molecular weight is 263 g/mol. The van der Waals surface area contributed by atoms with E-state index in [2.05, 4.69) is 24.1 Å². The first-order chi connectivity index (χ1) is 8.94. The van der Waals surface area contributed by atoms with Gasteiger partial charge in [-0.3, -0.25) is 9.78 Å². The lowest BCUT2D eigenvalue weighted by Gasteiger charge is -2.23. The third-order valence-electron chi connectivity index (χ3n) is 3.36. The number of rotatable bonds is 7. The molecule has 0 aliphatic rings. The molecule has 1 amide bonds. The van der Waals surface area contributed by atoms with Crippen LogP contribution in [0.5, 0.6) is 0 Å². The highest BCUT2D eigenvalue weighted by Gasteiger charge is 2.19. The summed E-state index contributed by atoms with van der Waals surface area (Å²) in [5, 5.41) is 2.98. The highest BCUT2D eigenvalue weighted by molar-refractivity contribution is 5.76. The van der Waals surface area contributed by atoms with E-state index >= 15 is 0 Å². The van der Waals surface area contributed by atoms with Crippen LogP contribution in [0, 0.1) is 5.41 Å². The molecule has 1 aromatic rings. The van der Waals surface area contributed by atoms with Gasteiger partial charge in [0.25, 0.3) is 0 Å². The van der Waals surface area contributed by atoms with Crippen molar-refractivity contribution in [2.24, 2.45) is 11.1 Å². The highest BCUT2D eigenvalue weighted by Crippen LogP contribution is 2.25. The number of nitrogens with zero attached hydrogens (tertiary/aromatic N) is 1. The summed E-state index contributed by atoms with van der Waals surface area (Å²) in [4.78, 5) is 16.1. The molecule has 0 aromatic carbocycles. The number of nitrogens with two attached hydrogens (primary N) is 1. The van der Waals surface area contributed by atoms with E-state index in [4.69, 9.17) is 5.73 Å². The van der Waals surface area contributed by atoms with Gasteiger partial charge in [-0.2, -0.15) is 0 Å². The van der Waals surface area contributed by atoms with Crippen LogP contribution in [0.4, 0.5) is 0 Å². The number of nitrogens with one attached hydrogen (secondary N) is 1. The molecule has 0 spiro atoms. The fourth-order valence-electron chi connectivity index (χ4n) is 1.99. The van der Waals surface area contributed by atoms with E-state index in [0.717, 1.165) is 18.5 Å². The second-order valence-corrected chi connectivity index (χ2v) is 5.75. The van der Waals surface area contributed by atoms with Crippen LogP contribution >= 0.6 is 0 Å². The van der Waals surface area contributed by atoms with Gasteiger partial charge < -0.3 is 11.1 Å². The molecule has 4 heteroatoms. The Labute approximate surface area is 115 Å². The normalized spacial score (nSPS) is 13.1. The minimum Gasteiger partial charge on any atom is -0.348 e. The summed E-state index contributed by atoms with van der Waals surface area (Å²) < 4.78 is 0. The third kappa shape index (κ3) is 5.83. The van der Waals surface area contributed by atoms with Crippen LogP contribution in [0.1, 0.15) is 51.8 Å². The summed E-state index contributed by atoms with van der Waals surface area (Å²) >= 11 is 0.